The van der Waals surface area contributed by atoms with Gasteiger partial charge in [-0.3, -0.25) is 28.9 Å². The van der Waals surface area contributed by atoms with Crippen molar-refractivity contribution in [1.82, 2.24) is 31.2 Å². The lowest BCUT2D eigenvalue weighted by atomic mass is 9.92. The SMILES string of the molecule is CCC(C)C(NC(=O)C1CCCCN1C)C(=O)NC(CC(NC(=O)C(C)(C)C)c1nc(C(=O)NC(Cc2ccccc2)CC(C)C(=O)O)cs1)C(C)C. The van der Waals surface area contributed by atoms with Crippen LogP contribution in [0.15, 0.2) is 35.7 Å². The largest absolute Gasteiger partial charge is 0.481 e. The topological polar surface area (TPSA) is 170 Å². The summed E-state index contributed by atoms with van der Waals surface area (Å²) in [4.78, 5) is 72.7. The van der Waals surface area contributed by atoms with E-state index < -0.39 is 47.4 Å². The fourth-order valence-corrected chi connectivity index (χ4v) is 7.27. The predicted octanol–water partition coefficient (Wildman–Crippen LogP) is 5.34. The highest BCUT2D eigenvalue weighted by molar-refractivity contribution is 7.09. The summed E-state index contributed by atoms with van der Waals surface area (Å²) in [6.45, 7) is 15.8. The molecule has 0 aliphatic carbocycles. The van der Waals surface area contributed by atoms with Crippen molar-refractivity contribution in [2.24, 2.45) is 23.2 Å². The molecule has 7 atom stereocenters. The Balaban J connectivity index is 1.84. The van der Waals surface area contributed by atoms with Gasteiger partial charge < -0.3 is 26.4 Å². The smallest absolute Gasteiger partial charge is 0.306 e. The molecule has 12 nitrogen and oxygen atoms in total. The molecular formula is C40H62N6O6S. The summed E-state index contributed by atoms with van der Waals surface area (Å²) < 4.78 is 0. The molecule has 294 valence electrons. The first kappa shape index (κ1) is 43.6. The lowest BCUT2D eigenvalue weighted by Gasteiger charge is -2.34. The Morgan fingerprint density at radius 1 is 0.962 bits per heavy atom. The van der Waals surface area contributed by atoms with Gasteiger partial charge in [-0.1, -0.05) is 98.6 Å². The van der Waals surface area contributed by atoms with E-state index in [4.69, 9.17) is 0 Å². The van der Waals surface area contributed by atoms with Crippen LogP contribution in [0.2, 0.25) is 0 Å². The van der Waals surface area contributed by atoms with Crippen molar-refractivity contribution in [3.05, 3.63) is 52.0 Å². The minimum Gasteiger partial charge on any atom is -0.481 e. The van der Waals surface area contributed by atoms with E-state index in [1.165, 1.54) is 11.3 Å². The van der Waals surface area contributed by atoms with Crippen molar-refractivity contribution < 1.29 is 29.1 Å². The van der Waals surface area contributed by atoms with Crippen LogP contribution in [0.25, 0.3) is 0 Å². The maximum absolute atomic E-state index is 14.0. The van der Waals surface area contributed by atoms with Crippen molar-refractivity contribution >= 4 is 40.9 Å². The molecule has 1 aromatic carbocycles. The number of carboxylic acid groups (broad SMARTS) is 1. The van der Waals surface area contributed by atoms with Crippen LogP contribution in [0.1, 0.15) is 121 Å². The summed E-state index contributed by atoms with van der Waals surface area (Å²) >= 11 is 1.25. The number of aromatic nitrogens is 1. The van der Waals surface area contributed by atoms with Gasteiger partial charge in [-0.25, -0.2) is 4.98 Å². The fourth-order valence-electron chi connectivity index (χ4n) is 6.41. The van der Waals surface area contributed by atoms with E-state index in [0.717, 1.165) is 31.4 Å². The molecule has 1 aromatic heterocycles. The Bertz CT molecular complexity index is 1520. The standard InChI is InChI=1S/C40H62N6O6S/c1-10-25(4)33(45-35(48)32-18-14-15-19-46(32)9)36(49)42-29(24(2)3)22-30(44-39(52)40(6,7)8)37-43-31(23-53-37)34(47)41-28(20-26(5)38(50)51)21-27-16-12-11-13-17-27/h11-13,16-17,23-26,28-30,32-33H,10,14-15,18-22H2,1-9H3,(H,41,47)(H,42,49)(H,44,52)(H,45,48)(H,50,51). The van der Waals surface area contributed by atoms with Gasteiger partial charge in [0.15, 0.2) is 0 Å². The second-order valence-corrected chi connectivity index (χ2v) is 17.0. The molecule has 5 N–H and O–H groups in total. The van der Waals surface area contributed by atoms with Crippen LogP contribution in [0, 0.1) is 23.2 Å². The van der Waals surface area contributed by atoms with Gasteiger partial charge >= 0.3 is 5.97 Å². The summed E-state index contributed by atoms with van der Waals surface area (Å²) in [5, 5.41) is 24.1. The van der Waals surface area contributed by atoms with E-state index in [0.29, 0.717) is 24.3 Å². The second-order valence-electron chi connectivity index (χ2n) is 16.1. The predicted molar refractivity (Wildman–Crippen MR) is 208 cm³/mol. The van der Waals surface area contributed by atoms with Gasteiger partial charge in [0, 0.05) is 22.9 Å². The van der Waals surface area contributed by atoms with E-state index >= 15 is 0 Å². The monoisotopic (exact) mass is 754 g/mol. The van der Waals surface area contributed by atoms with Crippen LogP contribution in [0.4, 0.5) is 0 Å². The number of benzene rings is 1. The molecule has 2 heterocycles. The van der Waals surface area contributed by atoms with E-state index in [-0.39, 0.29) is 47.7 Å². The lowest BCUT2D eigenvalue weighted by molar-refractivity contribution is -0.141. The van der Waals surface area contributed by atoms with Crippen molar-refractivity contribution in [2.45, 2.75) is 131 Å². The van der Waals surface area contributed by atoms with Gasteiger partial charge in [0.2, 0.25) is 17.7 Å². The number of carboxylic acids is 1. The quantitative estimate of drug-likeness (QED) is 0.136. The molecule has 1 fully saturated rings. The first-order valence-corrected chi connectivity index (χ1v) is 19.9. The number of hydrogen-bond acceptors (Lipinski definition) is 8. The molecule has 7 unspecified atom stereocenters. The van der Waals surface area contributed by atoms with Crippen molar-refractivity contribution in [2.75, 3.05) is 13.6 Å². The molecule has 0 bridgehead atoms. The van der Waals surface area contributed by atoms with Gasteiger partial charge in [0.1, 0.15) is 16.7 Å². The van der Waals surface area contributed by atoms with Crippen molar-refractivity contribution in [1.29, 1.82) is 0 Å². The average molecular weight is 755 g/mol. The van der Waals surface area contributed by atoms with Crippen LogP contribution in [-0.4, -0.2) is 82.3 Å². The Labute approximate surface area is 319 Å². The van der Waals surface area contributed by atoms with Crippen molar-refractivity contribution in [3.63, 3.8) is 0 Å². The second kappa shape index (κ2) is 20.0. The Kier molecular flexibility index (Phi) is 16.4. The molecule has 0 spiro atoms. The zero-order valence-corrected chi connectivity index (χ0v) is 33.8. The highest BCUT2D eigenvalue weighted by Crippen LogP contribution is 2.28. The van der Waals surface area contributed by atoms with Gasteiger partial charge in [-0.05, 0) is 63.1 Å². The maximum Gasteiger partial charge on any atom is 0.306 e. The number of thiazole rings is 1. The average Bonchev–Trinajstić information content (AvgIpc) is 3.60. The van der Waals surface area contributed by atoms with Crippen molar-refractivity contribution in [3.8, 4) is 0 Å². The number of likely N-dealkylation sites (tertiary alicyclic amines) is 1. The Morgan fingerprint density at radius 3 is 2.23 bits per heavy atom. The number of aliphatic carboxylic acids is 1. The number of hydrogen-bond donors (Lipinski definition) is 5. The van der Waals surface area contributed by atoms with E-state index in [2.05, 4.69) is 26.3 Å². The molecular weight excluding hydrogens is 693 g/mol. The number of rotatable bonds is 18. The fraction of sp³-hybridized carbons (Fsp3) is 0.650. The highest BCUT2D eigenvalue weighted by Gasteiger charge is 2.35. The number of likely N-dealkylation sites (N-methyl/N-ethyl adjacent to an activating group) is 1. The summed E-state index contributed by atoms with van der Waals surface area (Å²) in [6.07, 6.45) is 4.46. The Hall–Kier alpha value is -3.84. The molecule has 53 heavy (non-hydrogen) atoms. The Morgan fingerprint density at radius 2 is 1.64 bits per heavy atom. The number of carbonyl (C=O) groups is 5. The zero-order valence-electron chi connectivity index (χ0n) is 33.0. The molecule has 1 aliphatic heterocycles. The molecule has 2 aromatic rings. The third-order valence-electron chi connectivity index (χ3n) is 10.2. The highest BCUT2D eigenvalue weighted by atomic mass is 32.1. The minimum atomic E-state index is -0.938. The number of piperidine rings is 1. The number of carbonyl (C=O) groups excluding carboxylic acids is 4. The molecule has 13 heteroatoms. The number of amides is 4. The molecule has 0 radical (unpaired) electrons. The number of nitrogens with zero attached hydrogens (tertiary/aromatic N) is 2. The molecule has 0 saturated carbocycles. The van der Waals surface area contributed by atoms with Gasteiger partial charge in [-0.15, -0.1) is 11.3 Å². The summed E-state index contributed by atoms with van der Waals surface area (Å²) in [5.41, 5.74) is 0.423. The summed E-state index contributed by atoms with van der Waals surface area (Å²) in [5.74, 6) is -2.80. The molecule has 3 rings (SSSR count). The van der Waals surface area contributed by atoms with Crippen LogP contribution in [-0.2, 0) is 25.6 Å². The van der Waals surface area contributed by atoms with E-state index in [1.807, 2.05) is 90.7 Å². The zero-order chi connectivity index (χ0) is 39.5. The minimum absolute atomic E-state index is 0.0385. The van der Waals surface area contributed by atoms with Crippen LogP contribution in [0.5, 0.6) is 0 Å². The first-order chi connectivity index (χ1) is 24.9. The van der Waals surface area contributed by atoms with E-state index in [1.54, 1.807) is 12.3 Å². The third kappa shape index (κ3) is 13.2. The van der Waals surface area contributed by atoms with Gasteiger partial charge in [-0.2, -0.15) is 0 Å². The maximum atomic E-state index is 14.0. The van der Waals surface area contributed by atoms with Gasteiger partial charge in [0.05, 0.1) is 18.0 Å². The normalized spacial score (nSPS) is 18.6. The number of nitrogens with one attached hydrogen (secondary N) is 4. The van der Waals surface area contributed by atoms with Crippen LogP contribution < -0.4 is 21.3 Å². The molecule has 4 amide bonds. The lowest BCUT2D eigenvalue weighted by Crippen LogP contribution is -2.57. The molecule has 1 saturated heterocycles. The van der Waals surface area contributed by atoms with Gasteiger partial charge in [0.25, 0.3) is 5.91 Å². The van der Waals surface area contributed by atoms with E-state index in [9.17, 15) is 29.1 Å². The van der Waals surface area contributed by atoms with Crippen LogP contribution in [0.3, 0.4) is 0 Å². The first-order valence-electron chi connectivity index (χ1n) is 19.1. The van der Waals surface area contributed by atoms with Crippen LogP contribution >= 0.6 is 11.3 Å². The molecule has 1 aliphatic rings. The third-order valence-corrected chi connectivity index (χ3v) is 11.2. The summed E-state index contributed by atoms with van der Waals surface area (Å²) in [6, 6.07) is 7.10. The summed E-state index contributed by atoms with van der Waals surface area (Å²) in [7, 11) is 1.94.